The smallest absolute Gasteiger partial charge is 0.355 e. The van der Waals surface area contributed by atoms with Crippen LogP contribution in [0.15, 0.2) is 30.3 Å². The monoisotopic (exact) mass is 220 g/mol. The Bertz CT molecular complexity index is 350. The minimum atomic E-state index is -3.96. The molecule has 0 unspecified atom stereocenters. The van der Waals surface area contributed by atoms with Crippen molar-refractivity contribution in [3.8, 4) is 0 Å². The van der Waals surface area contributed by atoms with Crippen LogP contribution in [0.1, 0.15) is 0 Å². The Labute approximate surface area is 83.1 Å². The van der Waals surface area contributed by atoms with E-state index in [-0.39, 0.29) is 11.0 Å². The van der Waals surface area contributed by atoms with E-state index in [9.17, 15) is 8.42 Å². The van der Waals surface area contributed by atoms with Crippen molar-refractivity contribution in [1.29, 1.82) is 0 Å². The van der Waals surface area contributed by atoms with E-state index in [1.54, 1.807) is 30.3 Å². The van der Waals surface area contributed by atoms with Gasteiger partial charge in [0.05, 0.1) is 0 Å². The first-order valence-corrected chi connectivity index (χ1v) is 5.03. The largest absolute Gasteiger partial charge is 0.412 e. The van der Waals surface area contributed by atoms with Crippen molar-refractivity contribution < 1.29 is 23.9 Å². The SMILES string of the molecule is CB(c1ccccc1)S(=O)(=O)O.O.O. The molecule has 80 valence electrons. The molecule has 0 radical (unpaired) electrons. The molecule has 0 heterocycles. The average molecular weight is 220 g/mol. The molecule has 0 atom stereocenters. The van der Waals surface area contributed by atoms with Crippen molar-refractivity contribution in [1.82, 2.24) is 0 Å². The van der Waals surface area contributed by atoms with Gasteiger partial charge >= 0.3 is 5.99 Å². The highest BCUT2D eigenvalue weighted by Gasteiger charge is 2.24. The van der Waals surface area contributed by atoms with Gasteiger partial charge in [-0.2, -0.15) is 0 Å². The predicted octanol–water partition coefficient (Wildman–Crippen LogP) is -1.25. The summed E-state index contributed by atoms with van der Waals surface area (Å²) >= 11 is 0. The molecule has 0 saturated carbocycles. The molecule has 0 aliphatic heterocycles. The summed E-state index contributed by atoms with van der Waals surface area (Å²) in [6.45, 7) is 1.45. The molecule has 1 rings (SSSR count). The molecule has 7 heteroatoms. The van der Waals surface area contributed by atoms with E-state index in [1.165, 1.54) is 6.82 Å². The van der Waals surface area contributed by atoms with E-state index in [1.807, 2.05) is 0 Å². The van der Waals surface area contributed by atoms with Crippen LogP contribution >= 0.6 is 0 Å². The molecule has 0 aromatic heterocycles. The van der Waals surface area contributed by atoms with Gasteiger partial charge in [0.25, 0.3) is 0 Å². The molecule has 0 spiro atoms. The summed E-state index contributed by atoms with van der Waals surface area (Å²) in [7, 11) is -3.96. The topological polar surface area (TPSA) is 117 Å². The fourth-order valence-electron chi connectivity index (χ4n) is 0.896. The predicted molar refractivity (Wildman–Crippen MR) is 56.5 cm³/mol. The first-order chi connectivity index (χ1) is 5.52. The molecule has 0 fully saturated rings. The van der Waals surface area contributed by atoms with E-state index >= 15 is 0 Å². The Morgan fingerprint density at radius 2 is 1.57 bits per heavy atom. The van der Waals surface area contributed by atoms with Crippen LogP contribution in [-0.4, -0.2) is 29.9 Å². The zero-order valence-electron chi connectivity index (χ0n) is 7.64. The van der Waals surface area contributed by atoms with Gasteiger partial charge in [0.2, 0.25) is 9.97 Å². The van der Waals surface area contributed by atoms with E-state index < -0.39 is 16.0 Å². The maximum atomic E-state index is 10.7. The third kappa shape index (κ3) is 3.88. The molecule has 1 aromatic carbocycles. The second-order valence-electron chi connectivity index (χ2n) is 2.57. The van der Waals surface area contributed by atoms with E-state index in [4.69, 9.17) is 4.55 Å². The van der Waals surface area contributed by atoms with Crippen molar-refractivity contribution in [3.05, 3.63) is 30.3 Å². The van der Waals surface area contributed by atoms with Gasteiger partial charge in [0.15, 0.2) is 0 Å². The second kappa shape index (κ2) is 5.76. The van der Waals surface area contributed by atoms with Crippen LogP contribution in [0.4, 0.5) is 0 Å². The maximum Gasteiger partial charge on any atom is 0.355 e. The lowest BCUT2D eigenvalue weighted by Gasteiger charge is -2.02. The van der Waals surface area contributed by atoms with Gasteiger partial charge in [-0.15, -0.1) is 0 Å². The van der Waals surface area contributed by atoms with E-state index in [0.717, 1.165) is 0 Å². The summed E-state index contributed by atoms with van der Waals surface area (Å²) in [4.78, 5) is 0. The Hall–Kier alpha value is -0.885. The number of rotatable bonds is 2. The first-order valence-electron chi connectivity index (χ1n) is 3.53. The highest BCUT2D eigenvalue weighted by Crippen LogP contribution is 1.94. The molecule has 0 aliphatic carbocycles. The lowest BCUT2D eigenvalue weighted by molar-refractivity contribution is 0.500. The van der Waals surface area contributed by atoms with Gasteiger partial charge in [-0.3, -0.25) is 4.55 Å². The fourth-order valence-corrected chi connectivity index (χ4v) is 1.40. The normalized spacial score (nSPS) is 9.57. The molecule has 5 N–H and O–H groups in total. The van der Waals surface area contributed by atoms with Crippen LogP contribution in [0, 0.1) is 0 Å². The average Bonchev–Trinajstić information content (AvgIpc) is 2.03. The van der Waals surface area contributed by atoms with Gasteiger partial charge < -0.3 is 11.0 Å². The summed E-state index contributed by atoms with van der Waals surface area (Å²) in [5.74, 6) is -0.848. The van der Waals surface area contributed by atoms with Gasteiger partial charge in [-0.1, -0.05) is 42.6 Å². The Morgan fingerprint density at radius 1 is 1.14 bits per heavy atom. The Kier molecular flexibility index (Phi) is 6.41. The molecular weight excluding hydrogens is 207 g/mol. The third-order valence-electron chi connectivity index (χ3n) is 1.72. The molecule has 0 aliphatic rings. The summed E-state index contributed by atoms with van der Waals surface area (Å²) in [6, 6.07) is 8.59. The summed E-state index contributed by atoms with van der Waals surface area (Å²) in [6.07, 6.45) is 0. The Morgan fingerprint density at radius 3 is 1.93 bits per heavy atom. The van der Waals surface area contributed by atoms with Crippen LogP contribution in [0.3, 0.4) is 0 Å². The van der Waals surface area contributed by atoms with E-state index in [2.05, 4.69) is 0 Å². The lowest BCUT2D eigenvalue weighted by Crippen LogP contribution is -2.35. The van der Waals surface area contributed by atoms with E-state index in [0.29, 0.717) is 5.46 Å². The fraction of sp³-hybridized carbons (Fsp3) is 0.143. The number of hydrogen-bond donors (Lipinski definition) is 1. The van der Waals surface area contributed by atoms with Crippen molar-refractivity contribution in [2.45, 2.75) is 6.82 Å². The van der Waals surface area contributed by atoms with Crippen LogP contribution in [0.5, 0.6) is 0 Å². The molecule has 0 amide bonds. The highest BCUT2D eigenvalue weighted by atomic mass is 32.2. The van der Waals surface area contributed by atoms with Gasteiger partial charge in [-0.25, -0.2) is 8.42 Å². The van der Waals surface area contributed by atoms with Crippen LogP contribution in [0.2, 0.25) is 6.82 Å². The highest BCUT2D eigenvalue weighted by molar-refractivity contribution is 8.15. The van der Waals surface area contributed by atoms with Crippen LogP contribution < -0.4 is 5.46 Å². The number of hydrogen-bond acceptors (Lipinski definition) is 2. The minimum Gasteiger partial charge on any atom is -0.412 e. The van der Waals surface area contributed by atoms with Crippen molar-refractivity contribution in [3.63, 3.8) is 0 Å². The quantitative estimate of drug-likeness (QED) is 0.495. The molecule has 14 heavy (non-hydrogen) atoms. The molecule has 1 aromatic rings. The zero-order chi connectivity index (χ0) is 9.19. The zero-order valence-corrected chi connectivity index (χ0v) is 8.45. The van der Waals surface area contributed by atoms with Crippen molar-refractivity contribution in [2.24, 2.45) is 0 Å². The van der Waals surface area contributed by atoms with Gasteiger partial charge in [0.1, 0.15) is 0 Å². The maximum absolute atomic E-state index is 10.7. The first kappa shape index (κ1) is 15.6. The standard InChI is InChI=1S/C7H9BO3S.2H2O/c1-8(12(9,10)11)7-5-3-2-4-6-7;;/h2-6H,1H3,(H,9,10,11);2*1H2. The van der Waals surface area contributed by atoms with Gasteiger partial charge in [-0.05, 0) is 0 Å². The molecule has 5 nitrogen and oxygen atoms in total. The summed E-state index contributed by atoms with van der Waals surface area (Å²) in [5.41, 5.74) is 0.597. The minimum absolute atomic E-state index is 0. The second-order valence-corrected chi connectivity index (χ2v) is 4.30. The van der Waals surface area contributed by atoms with Crippen molar-refractivity contribution in [2.75, 3.05) is 0 Å². The summed E-state index contributed by atoms with van der Waals surface area (Å²) < 4.78 is 30.1. The lowest BCUT2D eigenvalue weighted by atomic mass is 9.71. The number of benzene rings is 1. The van der Waals surface area contributed by atoms with Crippen molar-refractivity contribution >= 4 is 21.4 Å². The Balaban J connectivity index is 0. The molecular formula is C7H13BO5S. The summed E-state index contributed by atoms with van der Waals surface area (Å²) in [5, 5.41) is 0. The van der Waals surface area contributed by atoms with Crippen LogP contribution in [0.25, 0.3) is 0 Å². The van der Waals surface area contributed by atoms with Crippen LogP contribution in [-0.2, 0) is 9.97 Å². The third-order valence-corrected chi connectivity index (χ3v) is 2.88. The molecule has 0 bridgehead atoms. The van der Waals surface area contributed by atoms with Gasteiger partial charge in [0, 0.05) is 0 Å². The molecule has 0 saturated heterocycles.